The van der Waals surface area contributed by atoms with Crippen molar-refractivity contribution in [1.29, 1.82) is 0 Å². The summed E-state index contributed by atoms with van der Waals surface area (Å²) in [6, 6.07) is 0. The highest BCUT2D eigenvalue weighted by atomic mass is 17.3. The third-order valence-electron chi connectivity index (χ3n) is 1.40. The van der Waals surface area contributed by atoms with Gasteiger partial charge in [-0.05, 0) is 13.3 Å². The van der Waals surface area contributed by atoms with Crippen LogP contribution in [0.5, 0.6) is 0 Å². The summed E-state index contributed by atoms with van der Waals surface area (Å²) >= 11 is 0. The minimum Gasteiger partial charge on any atom is -0.318 e. The van der Waals surface area contributed by atoms with Gasteiger partial charge in [-0.2, -0.15) is 0 Å². The maximum Gasteiger partial charge on any atom is 0.194 e. The Balaban J connectivity index is 2.03. The molecule has 64 valence electrons. The molecule has 0 amide bonds. The van der Waals surface area contributed by atoms with Crippen LogP contribution in [-0.2, 0) is 19.3 Å². The Morgan fingerprint density at radius 3 is 2.82 bits per heavy atom. The maximum atomic E-state index is 9.93. The molecule has 0 aliphatic carbocycles. The molecule has 11 heavy (non-hydrogen) atoms. The molecule has 0 aromatic carbocycles. The number of aldehydes is 1. The lowest BCUT2D eigenvalue weighted by Crippen LogP contribution is -2.08. The molecule has 0 radical (unpaired) electrons. The highest BCUT2D eigenvalue weighted by molar-refractivity contribution is 5.48. The fourth-order valence-corrected chi connectivity index (χ4v) is 0.883. The second-order valence-electron chi connectivity index (χ2n) is 2.42. The van der Waals surface area contributed by atoms with Crippen LogP contribution in [0, 0.1) is 0 Å². The molecule has 1 saturated heterocycles. The van der Waals surface area contributed by atoms with Crippen LogP contribution in [0.2, 0.25) is 0 Å². The van der Waals surface area contributed by atoms with Gasteiger partial charge in [-0.1, -0.05) is 0 Å². The second-order valence-corrected chi connectivity index (χ2v) is 2.42. The molecule has 1 fully saturated rings. The quantitative estimate of drug-likeness (QED) is 0.349. The number of hydrogen-bond donors (Lipinski definition) is 0. The summed E-state index contributed by atoms with van der Waals surface area (Å²) in [6.45, 7) is 1.76. The van der Waals surface area contributed by atoms with Crippen LogP contribution in [0.4, 0.5) is 0 Å². The molecule has 1 heterocycles. The van der Waals surface area contributed by atoms with Gasteiger partial charge in [0, 0.05) is 12.8 Å². The predicted molar refractivity (Wildman–Crippen MR) is 36.4 cm³/mol. The Labute approximate surface area is 65.4 Å². The minimum atomic E-state index is -0.287. The van der Waals surface area contributed by atoms with Crippen molar-refractivity contribution in [3.8, 4) is 0 Å². The van der Waals surface area contributed by atoms with Crippen molar-refractivity contribution in [3.05, 3.63) is 0 Å². The van der Waals surface area contributed by atoms with Crippen LogP contribution >= 0.6 is 0 Å². The van der Waals surface area contributed by atoms with Crippen LogP contribution in [0.3, 0.4) is 0 Å². The summed E-state index contributed by atoms with van der Waals surface area (Å²) in [5.41, 5.74) is 0. The summed E-state index contributed by atoms with van der Waals surface area (Å²) in [7, 11) is 0. The van der Waals surface area contributed by atoms with Crippen LogP contribution in [0.25, 0.3) is 0 Å². The lowest BCUT2D eigenvalue weighted by atomic mass is 10.2. The Hall–Kier alpha value is -0.450. The highest BCUT2D eigenvalue weighted by Gasteiger charge is 2.23. The highest BCUT2D eigenvalue weighted by Crippen LogP contribution is 2.16. The van der Waals surface area contributed by atoms with E-state index in [2.05, 4.69) is 4.89 Å². The van der Waals surface area contributed by atoms with Gasteiger partial charge in [0.2, 0.25) is 0 Å². The molecular weight excluding hydrogens is 148 g/mol. The SMILES string of the molecule is C[C@@H]1OO[C@@H](CCCC=O)O1. The fourth-order valence-electron chi connectivity index (χ4n) is 0.883. The van der Waals surface area contributed by atoms with E-state index in [1.54, 1.807) is 6.92 Å². The molecule has 0 N–H and O–H groups in total. The van der Waals surface area contributed by atoms with Crippen molar-refractivity contribution in [2.45, 2.75) is 38.8 Å². The molecule has 0 unspecified atom stereocenters. The van der Waals surface area contributed by atoms with Gasteiger partial charge >= 0.3 is 0 Å². The normalized spacial score (nSPS) is 30.6. The van der Waals surface area contributed by atoms with Gasteiger partial charge in [0.25, 0.3) is 0 Å². The second kappa shape index (κ2) is 4.43. The number of ether oxygens (including phenoxy) is 1. The molecule has 0 spiro atoms. The first-order valence-corrected chi connectivity index (χ1v) is 3.74. The van der Waals surface area contributed by atoms with Gasteiger partial charge < -0.3 is 9.53 Å². The van der Waals surface area contributed by atoms with Crippen LogP contribution in [0.15, 0.2) is 0 Å². The number of carbonyl (C=O) groups is 1. The summed E-state index contributed by atoms with van der Waals surface area (Å²) in [4.78, 5) is 19.4. The molecule has 0 aromatic rings. The Kier molecular flexibility index (Phi) is 3.48. The Morgan fingerprint density at radius 1 is 1.45 bits per heavy atom. The average Bonchev–Trinajstić information content (AvgIpc) is 2.37. The molecule has 0 bridgehead atoms. The molecule has 0 saturated carbocycles. The van der Waals surface area contributed by atoms with Crippen molar-refractivity contribution < 1.29 is 19.3 Å². The topological polar surface area (TPSA) is 44.8 Å². The van der Waals surface area contributed by atoms with Gasteiger partial charge in [-0.25, -0.2) is 9.78 Å². The standard InChI is InChI=1S/C7H12O4/c1-6-9-7(11-10-6)4-2-3-5-8/h5-7H,2-4H2,1H3/t6-,7-/m0/s1. The van der Waals surface area contributed by atoms with E-state index in [0.29, 0.717) is 12.8 Å². The van der Waals surface area contributed by atoms with E-state index in [4.69, 9.17) is 9.62 Å². The lowest BCUT2D eigenvalue weighted by molar-refractivity contribution is -0.294. The zero-order valence-corrected chi connectivity index (χ0v) is 6.49. The third kappa shape index (κ3) is 2.96. The lowest BCUT2D eigenvalue weighted by Gasteiger charge is -2.03. The number of unbranched alkanes of at least 4 members (excludes halogenated alkanes) is 1. The van der Waals surface area contributed by atoms with E-state index < -0.39 is 0 Å². The first-order chi connectivity index (χ1) is 5.33. The maximum absolute atomic E-state index is 9.93. The van der Waals surface area contributed by atoms with E-state index in [9.17, 15) is 4.79 Å². The summed E-state index contributed by atoms with van der Waals surface area (Å²) in [5, 5.41) is 0. The van der Waals surface area contributed by atoms with Gasteiger partial charge in [-0.15, -0.1) is 0 Å². The van der Waals surface area contributed by atoms with Crippen molar-refractivity contribution in [1.82, 2.24) is 0 Å². The van der Waals surface area contributed by atoms with Crippen LogP contribution in [-0.4, -0.2) is 18.9 Å². The van der Waals surface area contributed by atoms with Crippen LogP contribution < -0.4 is 0 Å². The van der Waals surface area contributed by atoms with Crippen molar-refractivity contribution in [3.63, 3.8) is 0 Å². The average molecular weight is 160 g/mol. The van der Waals surface area contributed by atoms with E-state index in [1.807, 2.05) is 0 Å². The van der Waals surface area contributed by atoms with E-state index in [-0.39, 0.29) is 12.6 Å². The van der Waals surface area contributed by atoms with Crippen molar-refractivity contribution in [2.24, 2.45) is 0 Å². The number of carbonyl (C=O) groups excluding carboxylic acids is 1. The Bertz CT molecular complexity index is 126. The summed E-state index contributed by atoms with van der Waals surface area (Å²) in [5.74, 6) is 0. The molecule has 1 rings (SSSR count). The number of hydrogen-bond acceptors (Lipinski definition) is 4. The summed E-state index contributed by atoms with van der Waals surface area (Å²) < 4.78 is 5.15. The van der Waals surface area contributed by atoms with Crippen molar-refractivity contribution >= 4 is 6.29 Å². The van der Waals surface area contributed by atoms with Crippen LogP contribution in [0.1, 0.15) is 26.2 Å². The zero-order valence-electron chi connectivity index (χ0n) is 6.49. The molecule has 4 heteroatoms. The van der Waals surface area contributed by atoms with E-state index >= 15 is 0 Å². The molecule has 0 aromatic heterocycles. The molecule has 1 aliphatic rings. The predicted octanol–water partition coefficient (Wildman–Crippen LogP) is 1.01. The van der Waals surface area contributed by atoms with Gasteiger partial charge in [0.05, 0.1) is 0 Å². The third-order valence-corrected chi connectivity index (χ3v) is 1.40. The van der Waals surface area contributed by atoms with Gasteiger partial charge in [0.1, 0.15) is 6.29 Å². The van der Waals surface area contributed by atoms with Crippen molar-refractivity contribution in [2.75, 3.05) is 0 Å². The first kappa shape index (κ1) is 8.64. The smallest absolute Gasteiger partial charge is 0.194 e. The fraction of sp³-hybridized carbons (Fsp3) is 0.857. The van der Waals surface area contributed by atoms with E-state index in [1.165, 1.54) is 0 Å². The monoisotopic (exact) mass is 160 g/mol. The summed E-state index contributed by atoms with van der Waals surface area (Å²) in [6.07, 6.45) is 2.37. The minimum absolute atomic E-state index is 0.281. The Morgan fingerprint density at radius 2 is 2.27 bits per heavy atom. The van der Waals surface area contributed by atoms with E-state index in [0.717, 1.165) is 12.7 Å². The zero-order chi connectivity index (χ0) is 8.10. The largest absolute Gasteiger partial charge is 0.318 e. The van der Waals surface area contributed by atoms with Gasteiger partial charge in [0.15, 0.2) is 12.6 Å². The molecular formula is C7H12O4. The van der Waals surface area contributed by atoms with Gasteiger partial charge in [-0.3, -0.25) is 0 Å². The molecule has 2 atom stereocenters. The molecule has 1 aliphatic heterocycles. The number of rotatable bonds is 4. The molecule has 4 nitrogen and oxygen atoms in total. The first-order valence-electron chi connectivity index (χ1n) is 3.74.